The van der Waals surface area contributed by atoms with Gasteiger partial charge >= 0.3 is 0 Å². The second-order valence-corrected chi connectivity index (χ2v) is 4.37. The van der Waals surface area contributed by atoms with E-state index in [1.165, 1.54) is 0 Å². The number of aliphatic hydroxyl groups excluding tert-OH is 2. The first-order valence-corrected chi connectivity index (χ1v) is 6.39. The first-order valence-electron chi connectivity index (χ1n) is 6.39. The molecule has 0 bridgehead atoms. The molecule has 0 aliphatic carbocycles. The van der Waals surface area contributed by atoms with Crippen LogP contribution < -0.4 is 4.74 Å². The highest BCUT2D eigenvalue weighted by atomic mass is 16.5. The maximum atomic E-state index is 9.97. The summed E-state index contributed by atoms with van der Waals surface area (Å²) in [6.45, 7) is 1.91. The van der Waals surface area contributed by atoms with E-state index in [-0.39, 0.29) is 6.61 Å². The van der Waals surface area contributed by atoms with Gasteiger partial charge in [-0.15, -0.1) is 0 Å². The second kappa shape index (κ2) is 6.36. The lowest BCUT2D eigenvalue weighted by atomic mass is 10.1. The summed E-state index contributed by atoms with van der Waals surface area (Å²) in [5.74, 6) is 1.30. The van der Waals surface area contributed by atoms with E-state index in [0.717, 1.165) is 11.1 Å². The summed E-state index contributed by atoms with van der Waals surface area (Å²) < 4.78 is 5.80. The average Bonchev–Trinajstić information content (AvgIpc) is 2.47. The van der Waals surface area contributed by atoms with Crippen LogP contribution in [0.1, 0.15) is 30.6 Å². The Kier molecular flexibility index (Phi) is 4.55. The maximum Gasteiger partial charge on any atom is 0.133 e. The van der Waals surface area contributed by atoms with Crippen molar-refractivity contribution in [2.45, 2.75) is 26.1 Å². The lowest BCUT2D eigenvalue weighted by Crippen LogP contribution is -1.98. The van der Waals surface area contributed by atoms with E-state index < -0.39 is 6.10 Å². The van der Waals surface area contributed by atoms with Crippen LogP contribution in [0, 0.1) is 0 Å². The Balaban J connectivity index is 2.27. The van der Waals surface area contributed by atoms with Crippen LogP contribution in [0.4, 0.5) is 0 Å². The van der Waals surface area contributed by atoms with Crippen molar-refractivity contribution in [2.75, 3.05) is 0 Å². The third kappa shape index (κ3) is 3.34. The summed E-state index contributed by atoms with van der Waals surface area (Å²) in [4.78, 5) is 0. The molecule has 100 valence electrons. The Bertz CT molecular complexity index is 537. The summed E-state index contributed by atoms with van der Waals surface area (Å²) in [7, 11) is 0. The molecule has 3 nitrogen and oxygen atoms in total. The van der Waals surface area contributed by atoms with Gasteiger partial charge in [0, 0.05) is 5.56 Å². The quantitative estimate of drug-likeness (QED) is 0.864. The highest BCUT2D eigenvalue weighted by Gasteiger charge is 2.11. The Hall–Kier alpha value is -1.84. The lowest BCUT2D eigenvalue weighted by molar-refractivity contribution is 0.170. The van der Waals surface area contributed by atoms with Gasteiger partial charge in [0.25, 0.3) is 0 Å². The number of benzene rings is 2. The maximum absolute atomic E-state index is 9.97. The zero-order valence-electron chi connectivity index (χ0n) is 10.9. The average molecular weight is 258 g/mol. The summed E-state index contributed by atoms with van der Waals surface area (Å²) in [6, 6.07) is 14.7. The minimum atomic E-state index is -0.530. The molecule has 0 saturated carbocycles. The highest BCUT2D eigenvalue weighted by Crippen LogP contribution is 2.31. The lowest BCUT2D eigenvalue weighted by Gasteiger charge is -2.15. The van der Waals surface area contributed by atoms with Gasteiger partial charge in [-0.3, -0.25) is 0 Å². The van der Waals surface area contributed by atoms with Crippen molar-refractivity contribution in [3.05, 3.63) is 59.7 Å². The number of hydrogen-bond acceptors (Lipinski definition) is 3. The number of rotatable bonds is 5. The van der Waals surface area contributed by atoms with Gasteiger partial charge in [0.1, 0.15) is 11.5 Å². The summed E-state index contributed by atoms with van der Waals surface area (Å²) >= 11 is 0. The van der Waals surface area contributed by atoms with Crippen LogP contribution in [0.3, 0.4) is 0 Å². The summed E-state index contributed by atoms with van der Waals surface area (Å²) in [5.41, 5.74) is 1.57. The van der Waals surface area contributed by atoms with Crippen LogP contribution >= 0.6 is 0 Å². The molecule has 0 spiro atoms. The van der Waals surface area contributed by atoms with E-state index in [4.69, 9.17) is 9.84 Å². The van der Waals surface area contributed by atoms with Crippen molar-refractivity contribution in [1.29, 1.82) is 0 Å². The van der Waals surface area contributed by atoms with E-state index in [2.05, 4.69) is 0 Å². The molecule has 3 heteroatoms. The summed E-state index contributed by atoms with van der Waals surface area (Å²) in [6.07, 6.45) is 0.106. The first-order chi connectivity index (χ1) is 9.24. The van der Waals surface area contributed by atoms with Crippen molar-refractivity contribution in [2.24, 2.45) is 0 Å². The minimum Gasteiger partial charge on any atom is -0.457 e. The third-order valence-electron chi connectivity index (χ3n) is 2.97. The van der Waals surface area contributed by atoms with Crippen molar-refractivity contribution >= 4 is 0 Å². The van der Waals surface area contributed by atoms with Gasteiger partial charge in [0.15, 0.2) is 0 Å². The van der Waals surface area contributed by atoms with Crippen molar-refractivity contribution in [1.82, 2.24) is 0 Å². The molecule has 0 unspecified atom stereocenters. The van der Waals surface area contributed by atoms with E-state index in [1.807, 2.05) is 49.4 Å². The molecule has 2 aromatic rings. The fourth-order valence-corrected chi connectivity index (χ4v) is 1.90. The second-order valence-electron chi connectivity index (χ2n) is 4.37. The first kappa shape index (κ1) is 13.6. The molecule has 0 aromatic heterocycles. The standard InChI is InChI=1S/C16H18O3/c1-2-15(18)14-8-3-4-9-16(14)19-13-7-5-6-12(10-13)11-17/h3-10,15,17-18H,2,11H2,1H3/t15-/m1/s1. The van der Waals surface area contributed by atoms with E-state index in [0.29, 0.717) is 17.9 Å². The Morgan fingerprint density at radius 3 is 2.63 bits per heavy atom. The normalized spacial score (nSPS) is 12.2. The molecule has 19 heavy (non-hydrogen) atoms. The number of aliphatic hydroxyl groups is 2. The molecule has 2 aromatic carbocycles. The van der Waals surface area contributed by atoms with Gasteiger partial charge in [-0.05, 0) is 30.2 Å². The molecule has 1 atom stereocenters. The van der Waals surface area contributed by atoms with Crippen LogP contribution in [0.2, 0.25) is 0 Å². The van der Waals surface area contributed by atoms with E-state index >= 15 is 0 Å². The largest absolute Gasteiger partial charge is 0.457 e. The van der Waals surface area contributed by atoms with Gasteiger partial charge in [-0.1, -0.05) is 37.3 Å². The van der Waals surface area contributed by atoms with Crippen molar-refractivity contribution in [3.63, 3.8) is 0 Å². The summed E-state index contributed by atoms with van der Waals surface area (Å²) in [5, 5.41) is 19.1. The zero-order chi connectivity index (χ0) is 13.7. The molecule has 0 fully saturated rings. The fraction of sp³-hybridized carbons (Fsp3) is 0.250. The van der Waals surface area contributed by atoms with Crippen LogP contribution in [0.25, 0.3) is 0 Å². The molecule has 0 heterocycles. The molecule has 0 aliphatic rings. The van der Waals surface area contributed by atoms with E-state index in [9.17, 15) is 5.11 Å². The SMILES string of the molecule is CC[C@@H](O)c1ccccc1Oc1cccc(CO)c1. The molecular formula is C16H18O3. The van der Waals surface area contributed by atoms with Gasteiger partial charge in [0.05, 0.1) is 12.7 Å². The molecule has 0 aliphatic heterocycles. The highest BCUT2D eigenvalue weighted by molar-refractivity contribution is 5.40. The Morgan fingerprint density at radius 1 is 1.11 bits per heavy atom. The van der Waals surface area contributed by atoms with Crippen LogP contribution in [0.15, 0.2) is 48.5 Å². The minimum absolute atomic E-state index is 0.0174. The zero-order valence-corrected chi connectivity index (χ0v) is 10.9. The molecule has 0 amide bonds. The molecular weight excluding hydrogens is 240 g/mol. The smallest absolute Gasteiger partial charge is 0.133 e. The predicted octanol–water partition coefficient (Wildman–Crippen LogP) is 3.41. The molecule has 0 radical (unpaired) electrons. The Morgan fingerprint density at radius 2 is 1.89 bits per heavy atom. The van der Waals surface area contributed by atoms with Gasteiger partial charge in [-0.25, -0.2) is 0 Å². The number of para-hydroxylation sites is 1. The number of ether oxygens (including phenoxy) is 1. The fourth-order valence-electron chi connectivity index (χ4n) is 1.90. The van der Waals surface area contributed by atoms with Crippen molar-refractivity contribution < 1.29 is 14.9 Å². The molecule has 2 N–H and O–H groups in total. The topological polar surface area (TPSA) is 49.7 Å². The number of hydrogen-bond donors (Lipinski definition) is 2. The molecule has 2 rings (SSSR count). The van der Waals surface area contributed by atoms with E-state index in [1.54, 1.807) is 6.07 Å². The van der Waals surface area contributed by atoms with Gasteiger partial charge in [0.2, 0.25) is 0 Å². The van der Waals surface area contributed by atoms with Crippen molar-refractivity contribution in [3.8, 4) is 11.5 Å². The monoisotopic (exact) mass is 258 g/mol. The Labute approximate surface area is 113 Å². The van der Waals surface area contributed by atoms with Gasteiger partial charge in [-0.2, -0.15) is 0 Å². The molecule has 0 saturated heterocycles. The van der Waals surface area contributed by atoms with Gasteiger partial charge < -0.3 is 14.9 Å². The van der Waals surface area contributed by atoms with Crippen LogP contribution in [0.5, 0.6) is 11.5 Å². The van der Waals surface area contributed by atoms with Crippen LogP contribution in [-0.2, 0) is 6.61 Å². The third-order valence-corrected chi connectivity index (χ3v) is 2.97. The predicted molar refractivity (Wildman–Crippen MR) is 74.1 cm³/mol. The van der Waals surface area contributed by atoms with Crippen LogP contribution in [-0.4, -0.2) is 10.2 Å².